The molecule has 0 radical (unpaired) electrons. The van der Waals surface area contributed by atoms with Crippen LogP contribution in [0.2, 0.25) is 0 Å². The summed E-state index contributed by atoms with van der Waals surface area (Å²) in [5, 5.41) is 2.88. The third-order valence-corrected chi connectivity index (χ3v) is 7.58. The fraction of sp³-hybridized carbons (Fsp3) is 0.333. The number of halogens is 2. The van der Waals surface area contributed by atoms with E-state index in [1.807, 2.05) is 16.9 Å². The second-order valence-corrected chi connectivity index (χ2v) is 10.4. The molecular formula is C24H23F2N5O3S. The number of hydrogen-bond acceptors (Lipinski definition) is 7. The Morgan fingerprint density at radius 1 is 1.09 bits per heavy atom. The van der Waals surface area contributed by atoms with Gasteiger partial charge in [-0.2, -0.15) is 0 Å². The van der Waals surface area contributed by atoms with E-state index >= 15 is 4.39 Å². The summed E-state index contributed by atoms with van der Waals surface area (Å²) in [6, 6.07) is 6.43. The van der Waals surface area contributed by atoms with Crippen LogP contribution in [-0.2, 0) is 21.2 Å². The van der Waals surface area contributed by atoms with Gasteiger partial charge in [0, 0.05) is 41.1 Å². The van der Waals surface area contributed by atoms with Gasteiger partial charge >= 0.3 is 0 Å². The minimum Gasteiger partial charge on any atom is -0.306 e. The number of sulfonamides is 1. The van der Waals surface area contributed by atoms with Crippen molar-refractivity contribution in [1.29, 1.82) is 0 Å². The molecule has 1 saturated heterocycles. The van der Waals surface area contributed by atoms with Crippen LogP contribution in [0.5, 0.6) is 0 Å². The van der Waals surface area contributed by atoms with E-state index in [2.05, 4.69) is 20.3 Å². The molecule has 2 N–H and O–H groups in total. The van der Waals surface area contributed by atoms with Crippen LogP contribution in [0.4, 0.5) is 8.78 Å². The zero-order chi connectivity index (χ0) is 24.6. The van der Waals surface area contributed by atoms with E-state index in [1.54, 1.807) is 12.3 Å². The molecule has 2 fully saturated rings. The van der Waals surface area contributed by atoms with Gasteiger partial charge in [-0.25, -0.2) is 31.9 Å². The lowest BCUT2D eigenvalue weighted by molar-refractivity contribution is -0.121. The molecule has 1 saturated carbocycles. The molecule has 2 aromatic heterocycles. The predicted molar refractivity (Wildman–Crippen MR) is 123 cm³/mol. The molecule has 11 heteroatoms. The first-order valence-corrected chi connectivity index (χ1v) is 12.8. The standard InChI is InChI=1S/C24H23F2N5O3S/c25-18-6-8-22(35(33,34)31-24(32)20-2-1-9-27-20)23(26)17(18)10-16-11-21(30-13-29-16)15-5-7-19(28-12-15)14-3-4-14/h5-8,11-14,20,27H,1-4,9-10H2,(H,31,32). The SMILES string of the molecule is O=C(NS(=O)(=O)c1ccc(F)c(Cc2cc(-c3ccc(C4CC4)nc3)ncn2)c1F)C1CCCN1. The Bertz CT molecular complexity index is 1370. The van der Waals surface area contributed by atoms with E-state index in [4.69, 9.17) is 0 Å². The lowest BCUT2D eigenvalue weighted by Crippen LogP contribution is -2.43. The Labute approximate surface area is 201 Å². The minimum atomic E-state index is -4.54. The summed E-state index contributed by atoms with van der Waals surface area (Å²) >= 11 is 0. The number of carbonyl (C=O) groups is 1. The Morgan fingerprint density at radius 2 is 1.91 bits per heavy atom. The number of carbonyl (C=O) groups excluding carboxylic acids is 1. The van der Waals surface area contributed by atoms with Gasteiger partial charge in [0.25, 0.3) is 15.9 Å². The second-order valence-electron chi connectivity index (χ2n) is 8.77. The zero-order valence-electron chi connectivity index (χ0n) is 18.7. The van der Waals surface area contributed by atoms with Crippen molar-refractivity contribution < 1.29 is 22.0 Å². The molecule has 1 aromatic carbocycles. The second kappa shape index (κ2) is 9.38. The molecular weight excluding hydrogens is 476 g/mol. The van der Waals surface area contributed by atoms with Crippen LogP contribution in [0, 0.1) is 11.6 Å². The van der Waals surface area contributed by atoms with Crippen molar-refractivity contribution >= 4 is 15.9 Å². The molecule has 2 aliphatic rings. The molecule has 182 valence electrons. The summed E-state index contributed by atoms with van der Waals surface area (Å²) in [5.41, 5.74) is 2.13. The predicted octanol–water partition coefficient (Wildman–Crippen LogP) is 2.84. The summed E-state index contributed by atoms with van der Waals surface area (Å²) in [4.78, 5) is 24.2. The van der Waals surface area contributed by atoms with E-state index in [1.165, 1.54) is 6.33 Å². The largest absolute Gasteiger partial charge is 0.306 e. The molecule has 0 bridgehead atoms. The van der Waals surface area contributed by atoms with E-state index in [0.717, 1.165) is 42.7 Å². The molecule has 1 unspecified atom stereocenters. The van der Waals surface area contributed by atoms with E-state index in [-0.39, 0.29) is 6.42 Å². The first kappa shape index (κ1) is 23.4. The average molecular weight is 500 g/mol. The van der Waals surface area contributed by atoms with Gasteiger partial charge in [0.15, 0.2) is 0 Å². The molecule has 3 heterocycles. The van der Waals surface area contributed by atoms with Gasteiger partial charge in [-0.05, 0) is 62.6 Å². The number of amides is 1. The van der Waals surface area contributed by atoms with Crippen molar-refractivity contribution in [3.63, 3.8) is 0 Å². The molecule has 8 nitrogen and oxygen atoms in total. The summed E-state index contributed by atoms with van der Waals surface area (Å²) in [6.07, 6.45) is 6.17. The van der Waals surface area contributed by atoms with Crippen molar-refractivity contribution in [1.82, 2.24) is 25.0 Å². The molecule has 3 aromatic rings. The van der Waals surface area contributed by atoms with E-state index in [0.29, 0.717) is 30.3 Å². The van der Waals surface area contributed by atoms with Crippen LogP contribution in [0.1, 0.15) is 48.6 Å². The van der Waals surface area contributed by atoms with Gasteiger partial charge in [0.1, 0.15) is 22.9 Å². The van der Waals surface area contributed by atoms with Crippen molar-refractivity contribution in [2.45, 2.75) is 49.0 Å². The van der Waals surface area contributed by atoms with Gasteiger partial charge in [0.05, 0.1) is 11.7 Å². The van der Waals surface area contributed by atoms with Gasteiger partial charge < -0.3 is 5.32 Å². The molecule has 1 atom stereocenters. The van der Waals surface area contributed by atoms with Crippen LogP contribution in [0.15, 0.2) is 47.8 Å². The van der Waals surface area contributed by atoms with Crippen LogP contribution in [-0.4, -0.2) is 41.9 Å². The maximum absolute atomic E-state index is 15.3. The van der Waals surface area contributed by atoms with Gasteiger partial charge in [-0.15, -0.1) is 0 Å². The number of benzene rings is 1. The third-order valence-electron chi connectivity index (χ3n) is 6.21. The Morgan fingerprint density at radius 3 is 2.60 bits per heavy atom. The zero-order valence-corrected chi connectivity index (χ0v) is 19.5. The normalized spacial score (nSPS) is 17.9. The number of hydrogen-bond donors (Lipinski definition) is 2. The molecule has 1 amide bonds. The maximum atomic E-state index is 15.3. The molecule has 1 aliphatic heterocycles. The van der Waals surface area contributed by atoms with E-state index in [9.17, 15) is 17.6 Å². The summed E-state index contributed by atoms with van der Waals surface area (Å²) in [7, 11) is -4.54. The summed E-state index contributed by atoms with van der Waals surface area (Å²) in [6.45, 7) is 0.592. The number of nitrogens with zero attached hydrogens (tertiary/aromatic N) is 3. The highest BCUT2D eigenvalue weighted by Gasteiger charge is 2.30. The highest BCUT2D eigenvalue weighted by molar-refractivity contribution is 7.90. The highest BCUT2D eigenvalue weighted by atomic mass is 32.2. The third kappa shape index (κ3) is 5.06. The monoisotopic (exact) mass is 499 g/mol. The Kier molecular flexibility index (Phi) is 6.28. The van der Waals surface area contributed by atoms with Crippen LogP contribution < -0.4 is 10.0 Å². The van der Waals surface area contributed by atoms with Crippen LogP contribution >= 0.6 is 0 Å². The number of nitrogens with one attached hydrogen (secondary N) is 2. The summed E-state index contributed by atoms with van der Waals surface area (Å²) < 4.78 is 57.1. The molecule has 1 aliphatic carbocycles. The molecule has 5 rings (SSSR count). The van der Waals surface area contributed by atoms with Crippen molar-refractivity contribution in [3.05, 3.63) is 71.4 Å². The lowest BCUT2D eigenvalue weighted by atomic mass is 10.1. The van der Waals surface area contributed by atoms with Gasteiger partial charge in [-0.1, -0.05) is 0 Å². The molecule has 35 heavy (non-hydrogen) atoms. The van der Waals surface area contributed by atoms with Crippen LogP contribution in [0.25, 0.3) is 11.3 Å². The van der Waals surface area contributed by atoms with Gasteiger partial charge in [-0.3, -0.25) is 9.78 Å². The fourth-order valence-corrected chi connectivity index (χ4v) is 5.25. The fourth-order valence-electron chi connectivity index (χ4n) is 4.12. The number of rotatable bonds is 7. The first-order valence-electron chi connectivity index (χ1n) is 11.4. The number of pyridine rings is 1. The Balaban J connectivity index is 1.39. The lowest BCUT2D eigenvalue weighted by Gasteiger charge is -2.14. The average Bonchev–Trinajstić information content (AvgIpc) is 3.54. The quantitative estimate of drug-likeness (QED) is 0.514. The highest BCUT2D eigenvalue weighted by Crippen LogP contribution is 2.39. The Hall–Kier alpha value is -3.31. The van der Waals surface area contributed by atoms with Crippen molar-refractivity contribution in [3.8, 4) is 11.3 Å². The molecule has 0 spiro atoms. The topological polar surface area (TPSA) is 114 Å². The number of aromatic nitrogens is 3. The van der Waals surface area contributed by atoms with Crippen molar-refractivity contribution in [2.24, 2.45) is 0 Å². The first-order chi connectivity index (χ1) is 16.8. The van der Waals surface area contributed by atoms with Gasteiger partial charge in [0.2, 0.25) is 0 Å². The van der Waals surface area contributed by atoms with Crippen molar-refractivity contribution in [2.75, 3.05) is 6.54 Å². The maximum Gasteiger partial charge on any atom is 0.267 e. The minimum absolute atomic E-state index is 0.299. The summed E-state index contributed by atoms with van der Waals surface area (Å²) in [5.74, 6) is -2.44. The van der Waals surface area contributed by atoms with Crippen LogP contribution in [0.3, 0.4) is 0 Å². The smallest absolute Gasteiger partial charge is 0.267 e. The van der Waals surface area contributed by atoms with E-state index < -0.39 is 44.1 Å².